The maximum absolute atomic E-state index is 12.3. The van der Waals surface area contributed by atoms with Crippen LogP contribution in [0.2, 0.25) is 0 Å². The molecule has 0 aliphatic heterocycles. The Balaban J connectivity index is 2.49. The van der Waals surface area contributed by atoms with E-state index in [1.807, 2.05) is 0 Å². The maximum atomic E-state index is 12.3. The summed E-state index contributed by atoms with van der Waals surface area (Å²) < 4.78 is 0. The molecule has 0 aromatic heterocycles. The number of carbonyl (C=O) groups excluding carboxylic acids is 1. The quantitative estimate of drug-likeness (QED) is 0.378. The fourth-order valence-corrected chi connectivity index (χ4v) is 1.85. The van der Waals surface area contributed by atoms with Crippen LogP contribution in [0.15, 0.2) is 36.4 Å². The van der Waals surface area contributed by atoms with Crippen LogP contribution in [0.25, 0.3) is 0 Å². The molecule has 0 heterocycles. The molecule has 4 N–H and O–H groups in total. The summed E-state index contributed by atoms with van der Waals surface area (Å²) in [5, 5.41) is 21.7. The summed E-state index contributed by atoms with van der Waals surface area (Å²) in [7, 11) is 0. The van der Waals surface area contributed by atoms with Gasteiger partial charge in [-0.25, -0.2) is 0 Å². The van der Waals surface area contributed by atoms with E-state index in [-0.39, 0.29) is 22.5 Å². The number of nitro benzene ring substituents is 2. The molecule has 22 heavy (non-hydrogen) atoms. The second-order valence-corrected chi connectivity index (χ2v) is 4.39. The minimum atomic E-state index is -0.711. The Morgan fingerprint density at radius 2 is 1.18 bits per heavy atom. The van der Waals surface area contributed by atoms with Gasteiger partial charge in [-0.15, -0.1) is 0 Å². The zero-order valence-electron chi connectivity index (χ0n) is 11.1. The average Bonchev–Trinajstić information content (AvgIpc) is 2.47. The van der Waals surface area contributed by atoms with Crippen LogP contribution < -0.4 is 11.5 Å². The number of rotatable bonds is 4. The van der Waals surface area contributed by atoms with E-state index < -0.39 is 27.0 Å². The number of anilines is 2. The summed E-state index contributed by atoms with van der Waals surface area (Å²) in [5.74, 6) is -0.605. The van der Waals surface area contributed by atoms with Gasteiger partial charge in [0.25, 0.3) is 11.4 Å². The molecule has 0 amide bonds. The first kappa shape index (κ1) is 14.9. The highest BCUT2D eigenvalue weighted by molar-refractivity contribution is 6.10. The lowest BCUT2D eigenvalue weighted by Crippen LogP contribution is -2.05. The first-order valence-electron chi connectivity index (χ1n) is 5.94. The highest BCUT2D eigenvalue weighted by atomic mass is 16.6. The molecule has 2 rings (SSSR count). The number of nitrogens with zero attached hydrogens (tertiary/aromatic N) is 2. The predicted molar refractivity (Wildman–Crippen MR) is 78.5 cm³/mol. The van der Waals surface area contributed by atoms with E-state index in [0.29, 0.717) is 0 Å². The smallest absolute Gasteiger partial charge is 0.292 e. The summed E-state index contributed by atoms with van der Waals surface area (Å²) in [4.78, 5) is 32.5. The van der Waals surface area contributed by atoms with Gasteiger partial charge < -0.3 is 11.5 Å². The standard InChI is InChI=1S/C13H10N4O5/c14-9-3-1-7(5-11(9)16(19)20)13(18)8-2-4-10(15)12(6-8)17(21)22/h1-6H,14-15H2. The van der Waals surface area contributed by atoms with Crippen molar-refractivity contribution in [1.29, 1.82) is 0 Å². The van der Waals surface area contributed by atoms with Crippen molar-refractivity contribution in [2.45, 2.75) is 0 Å². The molecule has 2 aromatic rings. The van der Waals surface area contributed by atoms with Crippen molar-refractivity contribution >= 4 is 28.5 Å². The Labute approximate surface area is 123 Å². The maximum Gasteiger partial charge on any atom is 0.292 e. The Morgan fingerprint density at radius 1 is 0.818 bits per heavy atom. The number of nitro groups is 2. The van der Waals surface area contributed by atoms with Crippen molar-refractivity contribution in [3.63, 3.8) is 0 Å². The van der Waals surface area contributed by atoms with Gasteiger partial charge in [0.2, 0.25) is 0 Å². The van der Waals surface area contributed by atoms with Crippen molar-refractivity contribution < 1.29 is 14.6 Å². The molecular formula is C13H10N4O5. The van der Waals surface area contributed by atoms with Gasteiger partial charge in [-0.1, -0.05) is 0 Å². The second kappa shape index (κ2) is 5.48. The average molecular weight is 302 g/mol. The fourth-order valence-electron chi connectivity index (χ4n) is 1.85. The van der Waals surface area contributed by atoms with Crippen molar-refractivity contribution in [3.8, 4) is 0 Å². The van der Waals surface area contributed by atoms with Crippen LogP contribution in [0.4, 0.5) is 22.7 Å². The molecule has 0 saturated carbocycles. The third-order valence-corrected chi connectivity index (χ3v) is 2.98. The molecular weight excluding hydrogens is 292 g/mol. The largest absolute Gasteiger partial charge is 0.393 e. The lowest BCUT2D eigenvalue weighted by atomic mass is 10.0. The second-order valence-electron chi connectivity index (χ2n) is 4.39. The van der Waals surface area contributed by atoms with Gasteiger partial charge in [0.15, 0.2) is 5.78 Å². The van der Waals surface area contributed by atoms with E-state index in [0.717, 1.165) is 12.1 Å². The van der Waals surface area contributed by atoms with Gasteiger partial charge in [0.05, 0.1) is 9.85 Å². The van der Waals surface area contributed by atoms with Crippen LogP contribution in [0, 0.1) is 20.2 Å². The molecule has 0 unspecified atom stereocenters. The van der Waals surface area contributed by atoms with Crippen LogP contribution in [0.1, 0.15) is 15.9 Å². The minimum Gasteiger partial charge on any atom is -0.393 e. The summed E-state index contributed by atoms with van der Waals surface area (Å²) in [5.41, 5.74) is 9.94. The van der Waals surface area contributed by atoms with Gasteiger partial charge in [0.1, 0.15) is 11.4 Å². The zero-order valence-corrected chi connectivity index (χ0v) is 11.1. The molecule has 2 aromatic carbocycles. The zero-order chi connectivity index (χ0) is 16.4. The molecule has 112 valence electrons. The van der Waals surface area contributed by atoms with E-state index >= 15 is 0 Å². The molecule has 9 heteroatoms. The number of ketones is 1. The lowest BCUT2D eigenvalue weighted by Gasteiger charge is -2.04. The molecule has 9 nitrogen and oxygen atoms in total. The third kappa shape index (κ3) is 2.68. The number of hydrogen-bond donors (Lipinski definition) is 2. The van der Waals surface area contributed by atoms with Crippen LogP contribution in [-0.4, -0.2) is 15.6 Å². The highest BCUT2D eigenvalue weighted by Crippen LogP contribution is 2.26. The van der Waals surface area contributed by atoms with Crippen molar-refractivity contribution in [1.82, 2.24) is 0 Å². The van der Waals surface area contributed by atoms with Gasteiger partial charge in [-0.2, -0.15) is 0 Å². The van der Waals surface area contributed by atoms with Gasteiger partial charge in [-0.3, -0.25) is 25.0 Å². The number of benzene rings is 2. The topological polar surface area (TPSA) is 155 Å². The number of nitrogen functional groups attached to an aromatic ring is 2. The van der Waals surface area contributed by atoms with E-state index in [4.69, 9.17) is 11.5 Å². The molecule has 0 fully saturated rings. The molecule has 0 aliphatic rings. The monoisotopic (exact) mass is 302 g/mol. The highest BCUT2D eigenvalue weighted by Gasteiger charge is 2.20. The summed E-state index contributed by atoms with van der Waals surface area (Å²) in [6.45, 7) is 0. The van der Waals surface area contributed by atoms with Gasteiger partial charge in [0, 0.05) is 23.3 Å². The van der Waals surface area contributed by atoms with Gasteiger partial charge in [-0.05, 0) is 24.3 Å². The number of hydrogen-bond acceptors (Lipinski definition) is 7. The van der Waals surface area contributed by atoms with E-state index in [9.17, 15) is 25.0 Å². The van der Waals surface area contributed by atoms with Crippen LogP contribution in [-0.2, 0) is 0 Å². The fraction of sp³-hybridized carbons (Fsp3) is 0. The molecule has 0 bridgehead atoms. The first-order chi connectivity index (χ1) is 10.3. The normalized spacial score (nSPS) is 10.2. The number of nitrogens with two attached hydrogens (primary N) is 2. The molecule has 0 spiro atoms. The molecule has 0 radical (unpaired) electrons. The third-order valence-electron chi connectivity index (χ3n) is 2.98. The molecule has 0 atom stereocenters. The lowest BCUT2D eigenvalue weighted by molar-refractivity contribution is -0.384. The Morgan fingerprint density at radius 3 is 1.50 bits per heavy atom. The Kier molecular flexibility index (Phi) is 3.71. The predicted octanol–water partition coefficient (Wildman–Crippen LogP) is 1.90. The number of carbonyl (C=O) groups is 1. The van der Waals surface area contributed by atoms with Crippen LogP contribution in [0.5, 0.6) is 0 Å². The van der Waals surface area contributed by atoms with Crippen molar-refractivity contribution in [3.05, 3.63) is 67.8 Å². The summed E-state index contributed by atoms with van der Waals surface area (Å²) in [6, 6.07) is 7.15. The van der Waals surface area contributed by atoms with E-state index in [1.54, 1.807) is 0 Å². The minimum absolute atomic E-state index is 0.0000283. The Hall–Kier alpha value is -3.49. The Bertz CT molecular complexity index is 738. The molecule has 0 aliphatic carbocycles. The van der Waals surface area contributed by atoms with Crippen LogP contribution in [0.3, 0.4) is 0 Å². The molecule has 0 saturated heterocycles. The van der Waals surface area contributed by atoms with E-state index in [1.165, 1.54) is 24.3 Å². The summed E-state index contributed by atoms with van der Waals surface area (Å²) >= 11 is 0. The SMILES string of the molecule is Nc1ccc(C(=O)c2ccc(N)c([N+](=O)[O-])c2)cc1[N+](=O)[O-]. The van der Waals surface area contributed by atoms with Crippen molar-refractivity contribution in [2.75, 3.05) is 11.5 Å². The van der Waals surface area contributed by atoms with Crippen LogP contribution >= 0.6 is 0 Å². The van der Waals surface area contributed by atoms with E-state index in [2.05, 4.69) is 0 Å². The summed E-state index contributed by atoms with van der Waals surface area (Å²) in [6.07, 6.45) is 0. The van der Waals surface area contributed by atoms with Gasteiger partial charge >= 0.3 is 0 Å². The van der Waals surface area contributed by atoms with Crippen molar-refractivity contribution in [2.24, 2.45) is 0 Å². The first-order valence-corrected chi connectivity index (χ1v) is 5.94.